The molecule has 0 bridgehead atoms. The average Bonchev–Trinajstić information content (AvgIpc) is 2.53. The van der Waals surface area contributed by atoms with E-state index in [0.29, 0.717) is 4.73 Å². The van der Waals surface area contributed by atoms with E-state index in [1.54, 1.807) is 0 Å². The Morgan fingerprint density at radius 2 is 1.91 bits per heavy atom. The van der Waals surface area contributed by atoms with Gasteiger partial charge >= 0.3 is 5.97 Å². The fourth-order valence-electron chi connectivity index (χ4n) is 1.95. The van der Waals surface area contributed by atoms with E-state index in [1.165, 1.54) is 24.5 Å². The molecule has 1 aromatic carbocycles. The van der Waals surface area contributed by atoms with E-state index in [-0.39, 0.29) is 18.2 Å². The Labute approximate surface area is 141 Å². The average molecular weight is 379 g/mol. The fourth-order valence-corrected chi connectivity index (χ4v) is 2.58. The summed E-state index contributed by atoms with van der Waals surface area (Å²) in [4.78, 5) is 23.6. The molecule has 1 heterocycles. The van der Waals surface area contributed by atoms with Gasteiger partial charge in [0, 0.05) is 16.6 Å². The molecule has 1 amide bonds. The van der Waals surface area contributed by atoms with Crippen LogP contribution in [0.15, 0.2) is 53.3 Å². The maximum atomic E-state index is 11.9. The first-order valence-corrected chi connectivity index (χ1v) is 7.66. The molecule has 0 fully saturated rings. The van der Waals surface area contributed by atoms with Gasteiger partial charge in [-0.15, -0.1) is 0 Å². The van der Waals surface area contributed by atoms with E-state index in [4.69, 9.17) is 4.74 Å². The van der Waals surface area contributed by atoms with Gasteiger partial charge in [0.25, 0.3) is 5.91 Å². The van der Waals surface area contributed by atoms with Gasteiger partial charge in [-0.3, -0.25) is 4.79 Å². The Morgan fingerprint density at radius 3 is 2.57 bits per heavy atom. The SMILES string of the molecule is C[C@H](NC(=O)COC(=O)c1cc[n+]([O-])cc1)c1ccccc1Br. The summed E-state index contributed by atoms with van der Waals surface area (Å²) < 4.78 is 6.37. The number of benzene rings is 1. The van der Waals surface area contributed by atoms with Crippen LogP contribution in [0.5, 0.6) is 0 Å². The topological polar surface area (TPSA) is 82.3 Å². The highest BCUT2D eigenvalue weighted by Gasteiger charge is 2.15. The van der Waals surface area contributed by atoms with Crippen molar-refractivity contribution < 1.29 is 19.1 Å². The van der Waals surface area contributed by atoms with E-state index in [1.807, 2.05) is 31.2 Å². The Hall–Kier alpha value is -2.41. The van der Waals surface area contributed by atoms with Crippen molar-refractivity contribution in [3.8, 4) is 0 Å². The number of nitrogens with zero attached hydrogens (tertiary/aromatic N) is 1. The molecule has 7 heteroatoms. The Kier molecular flexibility index (Phi) is 5.70. The number of halogens is 1. The van der Waals surface area contributed by atoms with Crippen LogP contribution in [-0.2, 0) is 9.53 Å². The first-order chi connectivity index (χ1) is 11.0. The lowest BCUT2D eigenvalue weighted by Gasteiger charge is -2.15. The maximum absolute atomic E-state index is 11.9. The van der Waals surface area contributed by atoms with Crippen molar-refractivity contribution in [2.24, 2.45) is 0 Å². The molecule has 0 saturated carbocycles. The lowest BCUT2D eigenvalue weighted by atomic mass is 10.1. The van der Waals surface area contributed by atoms with E-state index in [0.717, 1.165) is 10.0 Å². The minimum absolute atomic E-state index is 0.212. The number of carbonyl (C=O) groups is 2. The summed E-state index contributed by atoms with van der Waals surface area (Å²) in [6, 6.07) is 9.97. The molecule has 6 nitrogen and oxygen atoms in total. The maximum Gasteiger partial charge on any atom is 0.339 e. The number of amides is 1. The van der Waals surface area contributed by atoms with Crippen LogP contribution in [0.25, 0.3) is 0 Å². The van der Waals surface area contributed by atoms with Gasteiger partial charge in [-0.1, -0.05) is 34.1 Å². The van der Waals surface area contributed by atoms with Gasteiger partial charge in [0.2, 0.25) is 0 Å². The lowest BCUT2D eigenvalue weighted by Crippen LogP contribution is -2.31. The minimum atomic E-state index is -0.658. The van der Waals surface area contributed by atoms with E-state index in [2.05, 4.69) is 21.2 Å². The highest BCUT2D eigenvalue weighted by atomic mass is 79.9. The molecule has 23 heavy (non-hydrogen) atoms. The molecule has 0 saturated heterocycles. The van der Waals surface area contributed by atoms with Crippen LogP contribution >= 0.6 is 15.9 Å². The summed E-state index contributed by atoms with van der Waals surface area (Å²) in [6.45, 7) is 1.45. The second kappa shape index (κ2) is 7.73. The third-order valence-electron chi connectivity index (χ3n) is 3.12. The van der Waals surface area contributed by atoms with Gasteiger partial charge in [-0.25, -0.2) is 4.79 Å². The van der Waals surface area contributed by atoms with Crippen LogP contribution in [0.3, 0.4) is 0 Å². The smallest absolute Gasteiger partial charge is 0.339 e. The Balaban J connectivity index is 1.86. The molecule has 0 aliphatic heterocycles. The number of carbonyl (C=O) groups excluding carboxylic acids is 2. The van der Waals surface area contributed by atoms with Crippen LogP contribution in [0.2, 0.25) is 0 Å². The number of pyridine rings is 1. The molecular formula is C16H15BrN2O4. The van der Waals surface area contributed by atoms with Gasteiger partial charge in [0.05, 0.1) is 11.6 Å². The first kappa shape index (κ1) is 17.0. The van der Waals surface area contributed by atoms with Crippen LogP contribution < -0.4 is 10.0 Å². The summed E-state index contributed by atoms with van der Waals surface area (Å²) >= 11 is 3.42. The highest BCUT2D eigenvalue weighted by Crippen LogP contribution is 2.22. The predicted octanol–water partition coefficient (Wildman–Crippen LogP) is 2.12. The second-order valence-electron chi connectivity index (χ2n) is 4.83. The fraction of sp³-hybridized carbons (Fsp3) is 0.188. The summed E-state index contributed by atoms with van der Waals surface area (Å²) in [5, 5.41) is 13.6. The summed E-state index contributed by atoms with van der Waals surface area (Å²) in [5.41, 5.74) is 1.14. The zero-order valence-electron chi connectivity index (χ0n) is 12.4. The zero-order valence-corrected chi connectivity index (χ0v) is 13.9. The number of hydrogen-bond acceptors (Lipinski definition) is 4. The summed E-state index contributed by atoms with van der Waals surface area (Å²) in [6.07, 6.45) is 2.37. The third kappa shape index (κ3) is 4.79. The third-order valence-corrected chi connectivity index (χ3v) is 3.84. The predicted molar refractivity (Wildman–Crippen MR) is 86.4 cm³/mol. The molecule has 1 atom stereocenters. The molecule has 0 aliphatic rings. The van der Waals surface area contributed by atoms with Gasteiger partial charge in [0.15, 0.2) is 19.0 Å². The minimum Gasteiger partial charge on any atom is -0.619 e. The molecule has 1 N–H and O–H groups in total. The number of nitrogens with one attached hydrogen (secondary N) is 1. The van der Waals surface area contributed by atoms with Crippen molar-refractivity contribution in [1.29, 1.82) is 0 Å². The quantitative estimate of drug-likeness (QED) is 0.490. The zero-order chi connectivity index (χ0) is 16.8. The van der Waals surface area contributed by atoms with E-state index < -0.39 is 11.9 Å². The molecular weight excluding hydrogens is 364 g/mol. The molecule has 120 valence electrons. The summed E-state index contributed by atoms with van der Waals surface area (Å²) in [5.74, 6) is -1.06. The van der Waals surface area contributed by atoms with Crippen molar-refractivity contribution in [3.05, 3.63) is 69.6 Å². The number of rotatable bonds is 5. The van der Waals surface area contributed by atoms with Crippen LogP contribution in [-0.4, -0.2) is 18.5 Å². The highest BCUT2D eigenvalue weighted by molar-refractivity contribution is 9.10. The monoisotopic (exact) mass is 378 g/mol. The summed E-state index contributed by atoms with van der Waals surface area (Å²) in [7, 11) is 0. The molecule has 2 aromatic rings. The molecule has 0 spiro atoms. The molecule has 0 radical (unpaired) electrons. The Bertz CT molecular complexity index is 703. The van der Waals surface area contributed by atoms with Gasteiger partial charge in [0.1, 0.15) is 0 Å². The number of aromatic nitrogens is 1. The van der Waals surface area contributed by atoms with Crippen molar-refractivity contribution in [2.75, 3.05) is 6.61 Å². The molecule has 2 rings (SSSR count). The van der Waals surface area contributed by atoms with Crippen molar-refractivity contribution >= 4 is 27.8 Å². The number of hydrogen-bond donors (Lipinski definition) is 1. The molecule has 0 unspecified atom stereocenters. The second-order valence-corrected chi connectivity index (χ2v) is 5.69. The van der Waals surface area contributed by atoms with Crippen molar-refractivity contribution in [3.63, 3.8) is 0 Å². The molecule has 1 aromatic heterocycles. The van der Waals surface area contributed by atoms with Gasteiger partial charge in [-0.05, 0) is 18.6 Å². The van der Waals surface area contributed by atoms with Crippen LogP contribution in [0.4, 0.5) is 0 Å². The standard InChI is InChI=1S/C16H15BrN2O4/c1-11(13-4-2-3-5-14(13)17)18-15(20)10-23-16(21)12-6-8-19(22)9-7-12/h2-9,11H,10H2,1H3,(H,18,20)/t11-/m0/s1. The normalized spacial score (nSPS) is 11.6. The Morgan fingerprint density at radius 1 is 1.26 bits per heavy atom. The molecule has 0 aliphatic carbocycles. The van der Waals surface area contributed by atoms with Gasteiger partial charge in [-0.2, -0.15) is 4.73 Å². The van der Waals surface area contributed by atoms with Crippen LogP contribution in [0, 0.1) is 5.21 Å². The van der Waals surface area contributed by atoms with E-state index >= 15 is 0 Å². The van der Waals surface area contributed by atoms with Crippen molar-refractivity contribution in [2.45, 2.75) is 13.0 Å². The van der Waals surface area contributed by atoms with E-state index in [9.17, 15) is 14.8 Å². The largest absolute Gasteiger partial charge is 0.619 e. The van der Waals surface area contributed by atoms with Gasteiger partial charge < -0.3 is 15.3 Å². The number of esters is 1. The lowest BCUT2D eigenvalue weighted by molar-refractivity contribution is -0.605. The van der Waals surface area contributed by atoms with Crippen LogP contribution in [0.1, 0.15) is 28.9 Å². The number of ether oxygens (including phenoxy) is 1. The first-order valence-electron chi connectivity index (χ1n) is 6.87. The van der Waals surface area contributed by atoms with Crippen molar-refractivity contribution in [1.82, 2.24) is 5.32 Å².